The van der Waals surface area contributed by atoms with Crippen molar-refractivity contribution in [2.45, 2.75) is 78.6 Å². The van der Waals surface area contributed by atoms with Crippen molar-refractivity contribution in [1.29, 1.82) is 0 Å². The Kier molecular flexibility index (Phi) is 9.72. The quantitative estimate of drug-likeness (QED) is 0.112. The van der Waals surface area contributed by atoms with Gasteiger partial charge in [-0.25, -0.2) is 4.98 Å². The van der Waals surface area contributed by atoms with Gasteiger partial charge in [-0.05, 0) is 102 Å². The molecule has 0 aliphatic rings. The maximum atomic E-state index is 9.33. The summed E-state index contributed by atoms with van der Waals surface area (Å²) in [5.74, 6) is 1.49. The van der Waals surface area contributed by atoms with E-state index in [1.165, 1.54) is 0 Å². The van der Waals surface area contributed by atoms with Crippen molar-refractivity contribution in [3.63, 3.8) is 0 Å². The third-order valence-corrected chi connectivity index (χ3v) is 13.1. The zero-order chi connectivity index (χ0) is 57.9. The summed E-state index contributed by atoms with van der Waals surface area (Å²) in [5, 5.41) is 2.00. The molecule has 0 aliphatic heterocycles. The summed E-state index contributed by atoms with van der Waals surface area (Å²) < 4.78 is 101. The van der Waals surface area contributed by atoms with Crippen LogP contribution in [0.2, 0.25) is 0 Å². The number of ether oxygens (including phenoxy) is 1. The van der Waals surface area contributed by atoms with Crippen molar-refractivity contribution < 1.29 is 44.1 Å². The van der Waals surface area contributed by atoms with Gasteiger partial charge in [0.25, 0.3) is 6.33 Å². The molecular weight excluding hydrogens is 1060 g/mol. The minimum atomic E-state index is -0.518. The number of imidazole rings is 1. The van der Waals surface area contributed by atoms with Crippen LogP contribution in [0.15, 0.2) is 188 Å². The molecule has 360 valence electrons. The van der Waals surface area contributed by atoms with Gasteiger partial charge in [0, 0.05) is 44.3 Å². The van der Waals surface area contributed by atoms with Crippen LogP contribution in [0.5, 0.6) is 11.5 Å². The van der Waals surface area contributed by atoms with Crippen LogP contribution in [0.1, 0.15) is 92.7 Å². The zero-order valence-electron chi connectivity index (χ0n) is 51.6. The van der Waals surface area contributed by atoms with E-state index in [-0.39, 0.29) is 72.6 Å². The largest absolute Gasteiger partial charge is 0.510 e. The molecule has 72 heavy (non-hydrogen) atoms. The van der Waals surface area contributed by atoms with E-state index < -0.39 is 36.3 Å². The molecule has 5 nitrogen and oxygen atoms in total. The Morgan fingerprint density at radius 3 is 1.86 bits per heavy atom. The van der Waals surface area contributed by atoms with E-state index >= 15 is 0 Å². The Hall–Kier alpha value is -7.33. The minimum absolute atomic E-state index is 0. The first kappa shape index (κ1) is 37.4. The number of para-hydroxylation sites is 2. The first-order valence-electron chi connectivity index (χ1n) is 28.8. The molecule has 8 aromatic carbocycles. The molecule has 0 aliphatic carbocycles. The van der Waals surface area contributed by atoms with Gasteiger partial charge in [-0.3, -0.25) is 4.57 Å². The molecule has 0 unspecified atom stereocenters. The molecule has 0 N–H and O–H groups in total. The molecule has 11 rings (SSSR count). The van der Waals surface area contributed by atoms with Crippen molar-refractivity contribution in [3.05, 3.63) is 223 Å². The smallest absolute Gasteiger partial charge is 0.268 e. The summed E-state index contributed by atoms with van der Waals surface area (Å²) in [5.41, 5.74) is 8.36. The molecule has 0 atom stereocenters. The Bertz CT molecular complexity index is 4320. The first-order valence-corrected chi connectivity index (χ1v) is 23.8. The van der Waals surface area contributed by atoms with Gasteiger partial charge in [-0.2, -0.15) is 18.2 Å². The van der Waals surface area contributed by atoms with Crippen molar-refractivity contribution in [2.24, 2.45) is 0 Å². The fourth-order valence-electron chi connectivity index (χ4n) is 9.18. The van der Waals surface area contributed by atoms with Crippen molar-refractivity contribution in [2.75, 3.05) is 0 Å². The standard InChI is InChI=1S/C66H58N4O.Pt/c1-64(2,3)48-34-35-67-62(40-48)70-58-29-17-16-26-56(58)57-32-31-53(42-60(57)70)71-52-25-18-24-51(41-52)68-43-69(59-33-30-46(38-61(59)68)44-20-12-10-13-21-44)63-54(45-22-14-11-15-23-45)27-19-28-55(63)47-36-49(65(4,5)6)39-50(37-47)66(7,8)9;/h10-40H,1-9H3;/q-2;/i10D,11D,12D,13D,14D,15D,20D,21D,22D,23D;. The van der Waals surface area contributed by atoms with Gasteiger partial charge in [0.2, 0.25) is 0 Å². The van der Waals surface area contributed by atoms with Gasteiger partial charge in [-0.1, -0.05) is 195 Å². The van der Waals surface area contributed by atoms with Crippen molar-refractivity contribution >= 4 is 32.8 Å². The zero-order valence-corrected chi connectivity index (χ0v) is 43.9. The van der Waals surface area contributed by atoms with E-state index in [1.807, 2.05) is 60.8 Å². The Labute approximate surface area is 452 Å². The number of fused-ring (bicyclic) bond motifs is 4. The Morgan fingerprint density at radius 1 is 0.528 bits per heavy atom. The number of pyridine rings is 1. The Morgan fingerprint density at radius 2 is 1.17 bits per heavy atom. The number of hydrogen-bond acceptors (Lipinski definition) is 2. The second-order valence-corrected chi connectivity index (χ2v) is 21.1. The number of hydrogen-bond donors (Lipinski definition) is 0. The number of rotatable bonds is 8. The SMILES string of the molecule is [2H]c1c([2H])c([2H])c(-c2ccc3c(c2)n(-c2[c-]c(Oc4[c-]c5c(cc4)c4ccccc4n5-c4cc(C(C)(C)C)ccn4)ccc2)[c-][n+]3-c2c(-c3cc(C(C)(C)C)cc(C(C)(C)C)c3)cccc2-c2c([2H])c([2H])c([2H])c([2H])c2[2H])c([2H])c1[2H].[Pt]. The molecule has 6 heteroatoms. The molecular formula is C66H58N4OPt-2. The summed E-state index contributed by atoms with van der Waals surface area (Å²) >= 11 is 0. The van der Waals surface area contributed by atoms with Crippen LogP contribution in [0.4, 0.5) is 0 Å². The number of nitrogens with zero attached hydrogens (tertiary/aromatic N) is 4. The van der Waals surface area contributed by atoms with E-state index in [4.69, 9.17) is 20.7 Å². The third kappa shape index (κ3) is 9.12. The fourth-order valence-corrected chi connectivity index (χ4v) is 9.18. The van der Waals surface area contributed by atoms with Gasteiger partial charge < -0.3 is 13.9 Å². The first-order chi connectivity index (χ1) is 38.2. The topological polar surface area (TPSA) is 35.9 Å². The summed E-state index contributed by atoms with van der Waals surface area (Å²) in [7, 11) is 0. The molecule has 0 radical (unpaired) electrons. The molecule has 3 heterocycles. The van der Waals surface area contributed by atoms with Gasteiger partial charge in [-0.15, -0.1) is 29.7 Å². The second kappa shape index (κ2) is 18.7. The van der Waals surface area contributed by atoms with Crippen LogP contribution >= 0.6 is 0 Å². The van der Waals surface area contributed by atoms with Crippen LogP contribution in [0.3, 0.4) is 0 Å². The van der Waals surface area contributed by atoms with Crippen LogP contribution in [-0.2, 0) is 37.3 Å². The second-order valence-electron chi connectivity index (χ2n) is 21.1. The average molecular weight is 1130 g/mol. The van der Waals surface area contributed by atoms with Crippen LogP contribution in [0.25, 0.3) is 83.4 Å². The molecule has 3 aromatic heterocycles. The molecule has 0 saturated heterocycles. The maximum Gasteiger partial charge on any atom is 0.268 e. The summed E-state index contributed by atoms with van der Waals surface area (Å²) in [6.07, 6.45) is 5.43. The van der Waals surface area contributed by atoms with Gasteiger partial charge in [0.1, 0.15) is 5.82 Å². The fraction of sp³-hybridized carbons (Fsp3) is 0.182. The average Bonchev–Trinajstić information content (AvgIpc) is 2.15. The predicted molar refractivity (Wildman–Crippen MR) is 292 cm³/mol. The van der Waals surface area contributed by atoms with E-state index in [0.717, 1.165) is 49.9 Å². The van der Waals surface area contributed by atoms with E-state index in [1.54, 1.807) is 39.5 Å². The van der Waals surface area contributed by atoms with Crippen molar-refractivity contribution in [1.82, 2.24) is 14.1 Å². The predicted octanol–water partition coefficient (Wildman–Crippen LogP) is 16.5. The molecule has 0 amide bonds. The number of aromatic nitrogens is 4. The Balaban J connectivity index is 0.00000753. The maximum absolute atomic E-state index is 9.33. The monoisotopic (exact) mass is 1130 g/mol. The van der Waals surface area contributed by atoms with Crippen molar-refractivity contribution in [3.8, 4) is 62.1 Å². The van der Waals surface area contributed by atoms with Gasteiger partial charge >= 0.3 is 0 Å². The summed E-state index contributed by atoms with van der Waals surface area (Å²) in [6.45, 7) is 19.4. The molecule has 0 fully saturated rings. The van der Waals surface area contributed by atoms with Gasteiger partial charge in [0.15, 0.2) is 0 Å². The summed E-state index contributed by atoms with van der Waals surface area (Å²) in [4.78, 5) is 4.84. The van der Waals surface area contributed by atoms with E-state index in [0.29, 0.717) is 50.6 Å². The molecule has 11 aromatic rings. The van der Waals surface area contributed by atoms with Gasteiger partial charge in [0.05, 0.1) is 30.4 Å². The molecule has 0 saturated carbocycles. The van der Waals surface area contributed by atoms with Crippen LogP contribution in [0, 0.1) is 18.5 Å². The van der Waals surface area contributed by atoms with E-state index in [2.05, 4.69) is 122 Å². The molecule has 0 spiro atoms. The number of benzene rings is 8. The summed E-state index contributed by atoms with van der Waals surface area (Å²) in [6, 6.07) is 41.4. The van der Waals surface area contributed by atoms with Crippen LogP contribution < -0.4 is 9.30 Å². The molecule has 0 bridgehead atoms. The third-order valence-electron chi connectivity index (χ3n) is 13.1. The van der Waals surface area contributed by atoms with E-state index in [9.17, 15) is 2.74 Å². The minimum Gasteiger partial charge on any atom is -0.510 e. The van der Waals surface area contributed by atoms with Crippen LogP contribution in [-0.4, -0.2) is 14.1 Å². The normalized spacial score (nSPS) is 14.1.